The van der Waals surface area contributed by atoms with Crippen LogP contribution in [0, 0.1) is 12.8 Å². The Balaban J connectivity index is 1.95. The number of anilines is 1. The number of benzene rings is 1. The average Bonchev–Trinajstić information content (AvgIpc) is 2.57. The smallest absolute Gasteiger partial charge is 0.251 e. The standard InChI is InChI=1S/C17H27N3O3S/c1-4-24(22,23)20-9-7-14(8-10-20)13(3)19-17(21)16-11-15(18)6-5-12(16)2/h5-6,11,13-14H,4,7-10,18H2,1-3H3,(H,19,21). The molecule has 1 fully saturated rings. The van der Waals surface area contributed by atoms with Gasteiger partial charge in [0.25, 0.3) is 5.91 Å². The summed E-state index contributed by atoms with van der Waals surface area (Å²) in [5.41, 5.74) is 7.81. The molecule has 1 aromatic carbocycles. The van der Waals surface area contributed by atoms with E-state index in [1.54, 1.807) is 23.4 Å². The number of hydrogen-bond acceptors (Lipinski definition) is 4. The third-order valence-electron chi connectivity index (χ3n) is 4.83. The Hall–Kier alpha value is -1.60. The molecule has 3 N–H and O–H groups in total. The molecular weight excluding hydrogens is 326 g/mol. The average molecular weight is 353 g/mol. The van der Waals surface area contributed by atoms with Crippen LogP contribution in [0.3, 0.4) is 0 Å². The van der Waals surface area contributed by atoms with Gasteiger partial charge in [0.2, 0.25) is 10.0 Å². The largest absolute Gasteiger partial charge is 0.399 e. The van der Waals surface area contributed by atoms with Gasteiger partial charge in [-0.2, -0.15) is 0 Å². The van der Waals surface area contributed by atoms with Gasteiger partial charge in [0.15, 0.2) is 0 Å². The molecule has 24 heavy (non-hydrogen) atoms. The Morgan fingerprint density at radius 3 is 2.58 bits per heavy atom. The van der Waals surface area contributed by atoms with Crippen molar-refractivity contribution in [3.05, 3.63) is 29.3 Å². The summed E-state index contributed by atoms with van der Waals surface area (Å²) in [6, 6.07) is 5.29. The first kappa shape index (κ1) is 18.7. The highest BCUT2D eigenvalue weighted by Crippen LogP contribution is 2.23. The number of rotatable bonds is 5. The summed E-state index contributed by atoms with van der Waals surface area (Å²) in [5.74, 6) is 0.285. The van der Waals surface area contributed by atoms with E-state index in [0.717, 1.165) is 18.4 Å². The van der Waals surface area contributed by atoms with Crippen LogP contribution in [0.1, 0.15) is 42.6 Å². The van der Waals surface area contributed by atoms with E-state index in [9.17, 15) is 13.2 Å². The lowest BCUT2D eigenvalue weighted by Gasteiger charge is -2.34. The van der Waals surface area contributed by atoms with Gasteiger partial charge in [-0.15, -0.1) is 0 Å². The summed E-state index contributed by atoms with van der Waals surface area (Å²) in [6.45, 7) is 6.58. The van der Waals surface area contributed by atoms with Crippen molar-refractivity contribution >= 4 is 21.6 Å². The first-order chi connectivity index (χ1) is 11.2. The fourth-order valence-electron chi connectivity index (χ4n) is 3.12. The van der Waals surface area contributed by atoms with Crippen LogP contribution in [0.25, 0.3) is 0 Å². The molecule has 1 unspecified atom stereocenters. The van der Waals surface area contributed by atoms with Crippen LogP contribution in [0.15, 0.2) is 18.2 Å². The summed E-state index contributed by atoms with van der Waals surface area (Å²) < 4.78 is 25.4. The Morgan fingerprint density at radius 2 is 2.00 bits per heavy atom. The van der Waals surface area contributed by atoms with Gasteiger partial charge in [-0.25, -0.2) is 12.7 Å². The molecule has 134 valence electrons. The number of nitrogens with two attached hydrogens (primary N) is 1. The maximum absolute atomic E-state index is 12.5. The van der Waals surface area contributed by atoms with E-state index < -0.39 is 10.0 Å². The maximum Gasteiger partial charge on any atom is 0.251 e. The molecule has 1 amide bonds. The van der Waals surface area contributed by atoms with E-state index in [0.29, 0.717) is 24.3 Å². The third-order valence-corrected chi connectivity index (χ3v) is 6.71. The molecule has 1 heterocycles. The summed E-state index contributed by atoms with van der Waals surface area (Å²) >= 11 is 0. The molecular formula is C17H27N3O3S. The number of amides is 1. The van der Waals surface area contributed by atoms with Crippen LogP contribution in [0.4, 0.5) is 5.69 Å². The minimum atomic E-state index is -3.11. The van der Waals surface area contributed by atoms with Crippen LogP contribution in [-0.4, -0.2) is 43.5 Å². The zero-order valence-corrected chi connectivity index (χ0v) is 15.4. The number of nitrogens with one attached hydrogen (secondary N) is 1. The quantitative estimate of drug-likeness (QED) is 0.789. The number of nitrogen functional groups attached to an aromatic ring is 1. The predicted octanol–water partition coefficient (Wildman–Crippen LogP) is 1.76. The van der Waals surface area contributed by atoms with Gasteiger partial charge in [0.1, 0.15) is 0 Å². The van der Waals surface area contributed by atoms with Crippen LogP contribution < -0.4 is 11.1 Å². The van der Waals surface area contributed by atoms with Crippen molar-refractivity contribution in [2.45, 2.75) is 39.7 Å². The fourth-order valence-corrected chi connectivity index (χ4v) is 4.26. The van der Waals surface area contributed by atoms with E-state index in [-0.39, 0.29) is 23.6 Å². The van der Waals surface area contributed by atoms with E-state index in [1.165, 1.54) is 0 Å². The predicted molar refractivity (Wildman–Crippen MR) is 96.3 cm³/mol. The number of piperidine rings is 1. The van der Waals surface area contributed by atoms with Gasteiger partial charge in [-0.1, -0.05) is 6.07 Å². The zero-order valence-electron chi connectivity index (χ0n) is 14.6. The fraction of sp³-hybridized carbons (Fsp3) is 0.588. The zero-order chi connectivity index (χ0) is 17.9. The minimum Gasteiger partial charge on any atom is -0.399 e. The van der Waals surface area contributed by atoms with Gasteiger partial charge < -0.3 is 11.1 Å². The third kappa shape index (κ3) is 4.27. The highest BCUT2D eigenvalue weighted by Gasteiger charge is 2.30. The Labute approximate surface area is 144 Å². The number of aryl methyl sites for hydroxylation is 1. The Morgan fingerprint density at radius 1 is 1.38 bits per heavy atom. The number of nitrogens with zero attached hydrogens (tertiary/aromatic N) is 1. The van der Waals surface area contributed by atoms with Crippen molar-refractivity contribution < 1.29 is 13.2 Å². The van der Waals surface area contributed by atoms with Crippen molar-refractivity contribution in [3.8, 4) is 0 Å². The summed E-state index contributed by atoms with van der Waals surface area (Å²) in [7, 11) is -3.11. The molecule has 1 aliphatic rings. The Bertz CT molecular complexity index is 695. The first-order valence-corrected chi connectivity index (χ1v) is 10.00. The molecule has 1 aliphatic heterocycles. The molecule has 0 aliphatic carbocycles. The summed E-state index contributed by atoms with van der Waals surface area (Å²) in [6.07, 6.45) is 1.52. The molecule has 0 radical (unpaired) electrons. The SMILES string of the molecule is CCS(=O)(=O)N1CCC(C(C)NC(=O)c2cc(N)ccc2C)CC1. The molecule has 1 aromatic rings. The van der Waals surface area contributed by atoms with Crippen molar-refractivity contribution in [2.75, 3.05) is 24.6 Å². The van der Waals surface area contributed by atoms with Crippen LogP contribution >= 0.6 is 0 Å². The summed E-state index contributed by atoms with van der Waals surface area (Å²) in [4.78, 5) is 12.5. The van der Waals surface area contributed by atoms with Gasteiger partial charge in [0, 0.05) is 30.4 Å². The van der Waals surface area contributed by atoms with Crippen molar-refractivity contribution in [1.82, 2.24) is 9.62 Å². The number of sulfonamides is 1. The minimum absolute atomic E-state index is 0.00943. The van der Waals surface area contributed by atoms with Crippen LogP contribution in [-0.2, 0) is 10.0 Å². The lowest BCUT2D eigenvalue weighted by atomic mass is 9.91. The molecule has 0 bridgehead atoms. The molecule has 1 saturated heterocycles. The van der Waals surface area contributed by atoms with Crippen molar-refractivity contribution in [3.63, 3.8) is 0 Å². The number of hydrogen-bond donors (Lipinski definition) is 2. The number of carbonyl (C=O) groups is 1. The van der Waals surface area contributed by atoms with E-state index in [4.69, 9.17) is 5.73 Å². The summed E-state index contributed by atoms with van der Waals surface area (Å²) in [5, 5.41) is 3.04. The second-order valence-electron chi connectivity index (χ2n) is 6.47. The second kappa shape index (κ2) is 7.53. The molecule has 0 aromatic heterocycles. The van der Waals surface area contributed by atoms with Gasteiger partial charge in [-0.05, 0) is 57.2 Å². The Kier molecular flexibility index (Phi) is 5.87. The van der Waals surface area contributed by atoms with Crippen molar-refractivity contribution in [1.29, 1.82) is 0 Å². The molecule has 1 atom stereocenters. The molecule has 6 nitrogen and oxygen atoms in total. The molecule has 0 spiro atoms. The van der Waals surface area contributed by atoms with E-state index in [1.807, 2.05) is 19.9 Å². The van der Waals surface area contributed by atoms with Crippen LogP contribution in [0.5, 0.6) is 0 Å². The maximum atomic E-state index is 12.5. The first-order valence-electron chi connectivity index (χ1n) is 8.39. The highest BCUT2D eigenvalue weighted by atomic mass is 32.2. The van der Waals surface area contributed by atoms with Crippen LogP contribution in [0.2, 0.25) is 0 Å². The van der Waals surface area contributed by atoms with Gasteiger partial charge >= 0.3 is 0 Å². The molecule has 0 saturated carbocycles. The van der Waals surface area contributed by atoms with Crippen molar-refractivity contribution in [2.24, 2.45) is 5.92 Å². The lowest BCUT2D eigenvalue weighted by molar-refractivity contribution is 0.0914. The van der Waals surface area contributed by atoms with Gasteiger partial charge in [-0.3, -0.25) is 4.79 Å². The molecule has 7 heteroatoms. The molecule has 2 rings (SSSR count). The highest BCUT2D eigenvalue weighted by molar-refractivity contribution is 7.89. The second-order valence-corrected chi connectivity index (χ2v) is 8.73. The van der Waals surface area contributed by atoms with E-state index in [2.05, 4.69) is 5.32 Å². The number of carbonyl (C=O) groups excluding carboxylic acids is 1. The lowest BCUT2D eigenvalue weighted by Crippen LogP contribution is -2.45. The normalized spacial score (nSPS) is 18.3. The topological polar surface area (TPSA) is 92.5 Å². The van der Waals surface area contributed by atoms with Gasteiger partial charge in [0.05, 0.1) is 5.75 Å². The van der Waals surface area contributed by atoms with E-state index >= 15 is 0 Å². The monoisotopic (exact) mass is 353 g/mol.